The van der Waals surface area contributed by atoms with E-state index in [1.54, 1.807) is 0 Å². The number of guanidine groups is 1. The van der Waals surface area contributed by atoms with Crippen molar-refractivity contribution >= 4 is 11.6 Å². The van der Waals surface area contributed by atoms with Gasteiger partial charge in [-0.3, -0.25) is 0 Å². The predicted molar refractivity (Wildman–Crippen MR) is 101 cm³/mol. The van der Waals surface area contributed by atoms with Crippen LogP contribution in [-0.4, -0.2) is 42.2 Å². The highest BCUT2D eigenvalue weighted by atomic mass is 19.4. The summed E-state index contributed by atoms with van der Waals surface area (Å²) in [5.74, 6) is -0.706. The number of fused-ring (bicyclic) bond motifs is 1. The Hall–Kier alpha value is -1.76. The number of nitrogens with one attached hydrogen (secondary N) is 1. The molecule has 0 unspecified atom stereocenters. The molecule has 1 saturated carbocycles. The van der Waals surface area contributed by atoms with E-state index in [0.29, 0.717) is 25.1 Å². The van der Waals surface area contributed by atoms with Crippen LogP contribution >= 0.6 is 0 Å². The van der Waals surface area contributed by atoms with Crippen LogP contribution in [0.4, 0.5) is 18.9 Å². The summed E-state index contributed by atoms with van der Waals surface area (Å²) < 4.78 is 38.3. The van der Waals surface area contributed by atoms with Gasteiger partial charge in [-0.15, -0.1) is 0 Å². The Labute approximate surface area is 158 Å². The third kappa shape index (κ3) is 4.23. The lowest BCUT2D eigenvalue weighted by Crippen LogP contribution is -2.51. The first-order valence-electron chi connectivity index (χ1n) is 9.91. The molecular formula is C20H27F3N4. The van der Waals surface area contributed by atoms with Gasteiger partial charge in [-0.1, -0.05) is 6.07 Å². The lowest BCUT2D eigenvalue weighted by Gasteiger charge is -2.44. The highest BCUT2D eigenvalue weighted by Crippen LogP contribution is 2.37. The van der Waals surface area contributed by atoms with Gasteiger partial charge in [-0.05, 0) is 81.3 Å². The van der Waals surface area contributed by atoms with Crippen molar-refractivity contribution in [3.8, 4) is 0 Å². The molecule has 4 nitrogen and oxygen atoms in total. The first kappa shape index (κ1) is 18.6. The molecule has 0 radical (unpaired) electrons. The van der Waals surface area contributed by atoms with Crippen LogP contribution in [0, 0.1) is 5.92 Å². The maximum atomic E-state index is 12.8. The summed E-state index contributed by atoms with van der Waals surface area (Å²) in [4.78, 5) is 6.74. The third-order valence-corrected chi connectivity index (χ3v) is 6.29. The second kappa shape index (κ2) is 7.34. The van der Waals surface area contributed by atoms with E-state index >= 15 is 0 Å². The van der Waals surface area contributed by atoms with Gasteiger partial charge in [0.2, 0.25) is 0 Å². The van der Waals surface area contributed by atoms with Crippen molar-refractivity contribution in [2.24, 2.45) is 16.6 Å². The molecule has 3 N–H and O–H groups in total. The maximum absolute atomic E-state index is 12.8. The van der Waals surface area contributed by atoms with Gasteiger partial charge < -0.3 is 16.0 Å². The topological polar surface area (TPSA) is 53.6 Å². The first-order chi connectivity index (χ1) is 12.9. The summed E-state index contributed by atoms with van der Waals surface area (Å²) in [5, 5.41) is 3.18. The van der Waals surface area contributed by atoms with Crippen LogP contribution in [0.1, 0.15) is 43.2 Å². The molecule has 3 aliphatic rings. The van der Waals surface area contributed by atoms with E-state index in [2.05, 4.69) is 27.3 Å². The van der Waals surface area contributed by atoms with E-state index in [0.717, 1.165) is 31.4 Å². The van der Waals surface area contributed by atoms with Gasteiger partial charge in [0.15, 0.2) is 5.96 Å². The Kier molecular flexibility index (Phi) is 5.05. The van der Waals surface area contributed by atoms with Crippen molar-refractivity contribution in [1.82, 2.24) is 4.90 Å². The molecule has 27 heavy (non-hydrogen) atoms. The van der Waals surface area contributed by atoms with Crippen LogP contribution in [0.25, 0.3) is 0 Å². The lowest BCUT2D eigenvalue weighted by molar-refractivity contribution is -0.187. The quantitative estimate of drug-likeness (QED) is 0.621. The molecule has 1 saturated heterocycles. The number of hydrogen-bond donors (Lipinski definition) is 2. The number of nitrogens with two attached hydrogens (primary N) is 1. The minimum Gasteiger partial charge on any atom is -0.370 e. The Morgan fingerprint density at radius 3 is 2.52 bits per heavy atom. The van der Waals surface area contributed by atoms with Gasteiger partial charge in [-0.2, -0.15) is 13.2 Å². The van der Waals surface area contributed by atoms with Crippen molar-refractivity contribution in [3.05, 3.63) is 29.3 Å². The monoisotopic (exact) mass is 380 g/mol. The molecule has 4 rings (SSSR count). The van der Waals surface area contributed by atoms with Crippen LogP contribution in [0.2, 0.25) is 0 Å². The van der Waals surface area contributed by atoms with Crippen molar-refractivity contribution in [3.63, 3.8) is 0 Å². The fourth-order valence-corrected chi connectivity index (χ4v) is 4.58. The number of benzene rings is 1. The maximum Gasteiger partial charge on any atom is 0.391 e. The summed E-state index contributed by atoms with van der Waals surface area (Å²) in [5.41, 5.74) is 9.84. The molecule has 0 atom stereocenters. The molecule has 148 valence electrons. The van der Waals surface area contributed by atoms with Gasteiger partial charge in [0.05, 0.1) is 12.0 Å². The van der Waals surface area contributed by atoms with E-state index < -0.39 is 12.1 Å². The second-order valence-electron chi connectivity index (χ2n) is 8.11. The zero-order valence-electron chi connectivity index (χ0n) is 15.4. The van der Waals surface area contributed by atoms with Crippen LogP contribution in [0.3, 0.4) is 0 Å². The van der Waals surface area contributed by atoms with E-state index in [1.165, 1.54) is 17.5 Å². The Morgan fingerprint density at radius 2 is 1.81 bits per heavy atom. The number of alkyl halides is 3. The number of likely N-dealkylation sites (tertiary alicyclic amines) is 1. The lowest BCUT2D eigenvalue weighted by atomic mass is 9.83. The predicted octanol–water partition coefficient (Wildman–Crippen LogP) is 3.71. The summed E-state index contributed by atoms with van der Waals surface area (Å²) in [6.07, 6.45) is 1.64. The number of aliphatic imine (C=N–C) groups is 1. The SMILES string of the molecule is NC(=NC1CC(N2CCC(C(F)(F)F)CC2)C1)Nc1ccc2c(c1)CCC2. The Morgan fingerprint density at radius 1 is 1.11 bits per heavy atom. The molecule has 2 aliphatic carbocycles. The molecule has 0 aromatic heterocycles. The van der Waals surface area contributed by atoms with E-state index in [4.69, 9.17) is 5.73 Å². The number of rotatable bonds is 3. The normalized spacial score (nSPS) is 27.3. The largest absolute Gasteiger partial charge is 0.391 e. The number of nitrogens with zero attached hydrogens (tertiary/aromatic N) is 2. The summed E-state index contributed by atoms with van der Waals surface area (Å²) in [6, 6.07) is 6.86. The fourth-order valence-electron chi connectivity index (χ4n) is 4.58. The minimum absolute atomic E-state index is 0.164. The highest BCUT2D eigenvalue weighted by molar-refractivity contribution is 5.92. The average molecular weight is 380 g/mol. The van der Waals surface area contributed by atoms with Crippen molar-refractivity contribution < 1.29 is 13.2 Å². The standard InChI is InChI=1S/C20H27F3N4/c21-20(22,23)15-6-8-27(9-7-15)18-11-17(12-18)26-19(24)25-16-5-4-13-2-1-3-14(13)10-16/h4-5,10,15,17-18H,1-3,6-9,11-12H2,(H3,24,25,26). The smallest absolute Gasteiger partial charge is 0.370 e. The van der Waals surface area contributed by atoms with Gasteiger partial charge in [0.1, 0.15) is 0 Å². The van der Waals surface area contributed by atoms with E-state index in [-0.39, 0.29) is 18.9 Å². The summed E-state index contributed by atoms with van der Waals surface area (Å²) >= 11 is 0. The van der Waals surface area contributed by atoms with Gasteiger partial charge in [0.25, 0.3) is 0 Å². The van der Waals surface area contributed by atoms with Crippen LogP contribution < -0.4 is 11.1 Å². The molecule has 2 fully saturated rings. The number of halogens is 3. The average Bonchev–Trinajstić information content (AvgIpc) is 3.05. The molecule has 0 spiro atoms. The zero-order valence-corrected chi connectivity index (χ0v) is 15.4. The van der Waals surface area contributed by atoms with Crippen molar-refractivity contribution in [2.45, 2.75) is 63.2 Å². The zero-order chi connectivity index (χ0) is 19.0. The summed E-state index contributed by atoms with van der Waals surface area (Å²) in [6.45, 7) is 1.07. The van der Waals surface area contributed by atoms with Crippen molar-refractivity contribution in [1.29, 1.82) is 0 Å². The molecule has 1 aliphatic heterocycles. The molecule has 1 aromatic rings. The Bertz CT molecular complexity index is 702. The van der Waals surface area contributed by atoms with Gasteiger partial charge >= 0.3 is 6.18 Å². The van der Waals surface area contributed by atoms with Crippen LogP contribution in [-0.2, 0) is 12.8 Å². The van der Waals surface area contributed by atoms with Crippen LogP contribution in [0.5, 0.6) is 0 Å². The molecule has 1 aromatic carbocycles. The van der Waals surface area contributed by atoms with Gasteiger partial charge in [0, 0.05) is 11.7 Å². The molecular weight excluding hydrogens is 353 g/mol. The van der Waals surface area contributed by atoms with E-state index in [1.807, 2.05) is 6.07 Å². The Balaban J connectivity index is 1.24. The van der Waals surface area contributed by atoms with E-state index in [9.17, 15) is 13.2 Å². The number of aryl methyl sites for hydroxylation is 2. The second-order valence-corrected chi connectivity index (χ2v) is 8.11. The number of hydrogen-bond acceptors (Lipinski definition) is 2. The molecule has 1 heterocycles. The van der Waals surface area contributed by atoms with Crippen LogP contribution in [0.15, 0.2) is 23.2 Å². The van der Waals surface area contributed by atoms with Gasteiger partial charge in [-0.25, -0.2) is 4.99 Å². The third-order valence-electron chi connectivity index (χ3n) is 6.29. The molecule has 7 heteroatoms. The molecule has 0 bridgehead atoms. The molecule has 0 amide bonds. The number of piperidine rings is 1. The highest BCUT2D eigenvalue weighted by Gasteiger charge is 2.43. The first-order valence-corrected chi connectivity index (χ1v) is 9.91. The minimum atomic E-state index is -4.05. The number of anilines is 1. The summed E-state index contributed by atoms with van der Waals surface area (Å²) in [7, 11) is 0. The fraction of sp³-hybridized carbons (Fsp3) is 0.650. The van der Waals surface area contributed by atoms with Crippen molar-refractivity contribution in [2.75, 3.05) is 18.4 Å².